The molecule has 0 saturated heterocycles. The summed E-state index contributed by atoms with van der Waals surface area (Å²) in [6, 6.07) is 8.24. The summed E-state index contributed by atoms with van der Waals surface area (Å²) in [5.74, 6) is -2.05. The van der Waals surface area contributed by atoms with Gasteiger partial charge < -0.3 is 14.9 Å². The standard InChI is InChI=1S/C13H10FNO4/c14-9-3-1-8(2-4-9)7-19-11-6-5-10(16)12(15-11)13(17)18/h1-6,16H,7H2,(H,17,18). The minimum Gasteiger partial charge on any atom is -0.505 e. The van der Waals surface area contributed by atoms with Crippen molar-refractivity contribution >= 4 is 5.97 Å². The van der Waals surface area contributed by atoms with E-state index in [9.17, 15) is 14.3 Å². The number of nitrogens with zero attached hydrogens (tertiary/aromatic N) is 1. The number of rotatable bonds is 4. The van der Waals surface area contributed by atoms with Crippen molar-refractivity contribution in [3.05, 3.63) is 53.5 Å². The Morgan fingerprint density at radius 2 is 1.89 bits per heavy atom. The summed E-state index contributed by atoms with van der Waals surface area (Å²) in [5.41, 5.74) is 0.241. The number of aromatic carboxylic acids is 1. The molecule has 2 N–H and O–H groups in total. The third-order valence-electron chi connectivity index (χ3n) is 2.35. The van der Waals surface area contributed by atoms with E-state index < -0.39 is 17.4 Å². The smallest absolute Gasteiger partial charge is 0.358 e. The van der Waals surface area contributed by atoms with E-state index in [1.165, 1.54) is 24.3 Å². The van der Waals surface area contributed by atoms with Gasteiger partial charge in [-0.1, -0.05) is 12.1 Å². The first-order chi connectivity index (χ1) is 9.06. The monoisotopic (exact) mass is 263 g/mol. The summed E-state index contributed by atoms with van der Waals surface area (Å²) < 4.78 is 18.0. The Morgan fingerprint density at radius 1 is 1.21 bits per heavy atom. The molecule has 19 heavy (non-hydrogen) atoms. The Bertz CT molecular complexity index is 598. The number of carboxylic acid groups (broad SMARTS) is 1. The van der Waals surface area contributed by atoms with Gasteiger partial charge in [-0.15, -0.1) is 0 Å². The fourth-order valence-corrected chi connectivity index (χ4v) is 1.41. The van der Waals surface area contributed by atoms with Crippen LogP contribution in [0.3, 0.4) is 0 Å². The van der Waals surface area contributed by atoms with Gasteiger partial charge in [-0.25, -0.2) is 14.2 Å². The fourth-order valence-electron chi connectivity index (χ4n) is 1.41. The van der Waals surface area contributed by atoms with E-state index in [2.05, 4.69) is 4.98 Å². The second-order valence-corrected chi connectivity index (χ2v) is 3.74. The number of hydrogen-bond acceptors (Lipinski definition) is 4. The molecule has 0 bridgehead atoms. The molecule has 5 nitrogen and oxygen atoms in total. The zero-order chi connectivity index (χ0) is 13.8. The summed E-state index contributed by atoms with van der Waals surface area (Å²) >= 11 is 0. The first-order valence-electron chi connectivity index (χ1n) is 5.37. The maximum Gasteiger partial charge on any atom is 0.358 e. The van der Waals surface area contributed by atoms with Crippen LogP contribution in [-0.4, -0.2) is 21.2 Å². The Kier molecular flexibility index (Phi) is 3.61. The fraction of sp³-hybridized carbons (Fsp3) is 0.0769. The molecule has 0 saturated carbocycles. The van der Waals surface area contributed by atoms with Gasteiger partial charge in [0.15, 0.2) is 5.69 Å². The average molecular weight is 263 g/mol. The van der Waals surface area contributed by atoms with Crippen LogP contribution < -0.4 is 4.74 Å². The van der Waals surface area contributed by atoms with Gasteiger partial charge in [-0.3, -0.25) is 0 Å². The van der Waals surface area contributed by atoms with Crippen molar-refractivity contribution in [3.8, 4) is 11.6 Å². The van der Waals surface area contributed by atoms with Crippen molar-refractivity contribution in [2.24, 2.45) is 0 Å². The third-order valence-corrected chi connectivity index (χ3v) is 2.35. The van der Waals surface area contributed by atoms with Crippen molar-refractivity contribution in [3.63, 3.8) is 0 Å². The first kappa shape index (κ1) is 12.8. The highest BCUT2D eigenvalue weighted by atomic mass is 19.1. The Hall–Kier alpha value is -2.63. The van der Waals surface area contributed by atoms with Gasteiger partial charge in [0.25, 0.3) is 0 Å². The molecule has 0 fully saturated rings. The topological polar surface area (TPSA) is 79.7 Å². The van der Waals surface area contributed by atoms with E-state index >= 15 is 0 Å². The predicted octanol–water partition coefficient (Wildman–Crippen LogP) is 2.20. The highest BCUT2D eigenvalue weighted by Gasteiger charge is 2.12. The molecule has 98 valence electrons. The van der Waals surface area contributed by atoms with E-state index in [0.717, 1.165) is 0 Å². The number of halogens is 1. The summed E-state index contributed by atoms with van der Waals surface area (Å²) in [5, 5.41) is 18.1. The van der Waals surface area contributed by atoms with Crippen LogP contribution >= 0.6 is 0 Å². The maximum absolute atomic E-state index is 12.7. The highest BCUT2D eigenvalue weighted by molar-refractivity contribution is 5.88. The van der Waals surface area contributed by atoms with Crippen LogP contribution in [0.4, 0.5) is 4.39 Å². The van der Waals surface area contributed by atoms with Crippen molar-refractivity contribution in [2.75, 3.05) is 0 Å². The Morgan fingerprint density at radius 3 is 2.53 bits per heavy atom. The van der Waals surface area contributed by atoms with E-state index in [4.69, 9.17) is 9.84 Å². The minimum atomic E-state index is -1.34. The molecular formula is C13H10FNO4. The van der Waals surface area contributed by atoms with E-state index in [0.29, 0.717) is 5.56 Å². The normalized spacial score (nSPS) is 10.2. The number of carboxylic acids is 1. The van der Waals surface area contributed by atoms with Crippen molar-refractivity contribution < 1.29 is 24.1 Å². The molecule has 0 unspecified atom stereocenters. The van der Waals surface area contributed by atoms with Crippen molar-refractivity contribution in [2.45, 2.75) is 6.61 Å². The first-order valence-corrected chi connectivity index (χ1v) is 5.37. The van der Waals surface area contributed by atoms with Crippen LogP contribution in [0.1, 0.15) is 16.1 Å². The quantitative estimate of drug-likeness (QED) is 0.884. The van der Waals surface area contributed by atoms with Gasteiger partial charge >= 0.3 is 5.97 Å². The number of carbonyl (C=O) groups is 1. The van der Waals surface area contributed by atoms with Crippen molar-refractivity contribution in [1.82, 2.24) is 4.98 Å². The molecular weight excluding hydrogens is 253 g/mol. The van der Waals surface area contributed by atoms with Gasteiger partial charge in [-0.05, 0) is 23.8 Å². The summed E-state index contributed by atoms with van der Waals surface area (Å²) in [6.45, 7) is 0.122. The summed E-state index contributed by atoms with van der Waals surface area (Å²) in [6.07, 6.45) is 0. The Labute approximate surface area is 107 Å². The second-order valence-electron chi connectivity index (χ2n) is 3.74. The van der Waals surface area contributed by atoms with Crippen LogP contribution in [0.2, 0.25) is 0 Å². The number of benzene rings is 1. The van der Waals surface area contributed by atoms with Crippen LogP contribution in [0.25, 0.3) is 0 Å². The molecule has 0 spiro atoms. The lowest BCUT2D eigenvalue weighted by Crippen LogP contribution is -2.04. The third kappa shape index (κ3) is 3.19. The lowest BCUT2D eigenvalue weighted by atomic mass is 10.2. The van der Waals surface area contributed by atoms with E-state index in [-0.39, 0.29) is 18.3 Å². The number of aromatic nitrogens is 1. The SMILES string of the molecule is O=C(O)c1nc(OCc2ccc(F)cc2)ccc1O. The number of ether oxygens (including phenoxy) is 1. The molecule has 0 aliphatic rings. The summed E-state index contributed by atoms with van der Waals surface area (Å²) in [4.78, 5) is 14.4. The van der Waals surface area contributed by atoms with Crippen LogP contribution in [0.5, 0.6) is 11.6 Å². The number of hydrogen-bond donors (Lipinski definition) is 2. The van der Waals surface area contributed by atoms with Gasteiger partial charge in [-0.2, -0.15) is 0 Å². The Balaban J connectivity index is 2.09. The average Bonchev–Trinajstić information content (AvgIpc) is 2.39. The molecule has 2 aromatic rings. The lowest BCUT2D eigenvalue weighted by Gasteiger charge is -2.06. The van der Waals surface area contributed by atoms with Crippen LogP contribution in [0, 0.1) is 5.82 Å². The maximum atomic E-state index is 12.7. The molecule has 0 aliphatic heterocycles. The molecule has 6 heteroatoms. The molecule has 1 aromatic carbocycles. The summed E-state index contributed by atoms with van der Waals surface area (Å²) in [7, 11) is 0. The zero-order valence-corrected chi connectivity index (χ0v) is 9.71. The van der Waals surface area contributed by atoms with E-state index in [1.807, 2.05) is 0 Å². The molecule has 1 heterocycles. The van der Waals surface area contributed by atoms with Gasteiger partial charge in [0.05, 0.1) is 0 Å². The van der Waals surface area contributed by atoms with Gasteiger partial charge in [0, 0.05) is 6.07 Å². The number of pyridine rings is 1. The van der Waals surface area contributed by atoms with Gasteiger partial charge in [0.2, 0.25) is 5.88 Å². The largest absolute Gasteiger partial charge is 0.505 e. The molecule has 0 radical (unpaired) electrons. The molecule has 0 atom stereocenters. The highest BCUT2D eigenvalue weighted by Crippen LogP contribution is 2.19. The molecule has 1 aromatic heterocycles. The second kappa shape index (κ2) is 5.34. The van der Waals surface area contributed by atoms with Crippen LogP contribution in [-0.2, 0) is 6.61 Å². The van der Waals surface area contributed by atoms with Crippen molar-refractivity contribution in [1.29, 1.82) is 0 Å². The van der Waals surface area contributed by atoms with Crippen LogP contribution in [0.15, 0.2) is 36.4 Å². The molecule has 0 amide bonds. The predicted molar refractivity (Wildman–Crippen MR) is 63.6 cm³/mol. The lowest BCUT2D eigenvalue weighted by molar-refractivity contribution is 0.0685. The molecule has 2 rings (SSSR count). The van der Waals surface area contributed by atoms with Gasteiger partial charge in [0.1, 0.15) is 18.2 Å². The number of aromatic hydroxyl groups is 1. The zero-order valence-electron chi connectivity index (χ0n) is 9.71. The van der Waals surface area contributed by atoms with E-state index in [1.54, 1.807) is 12.1 Å². The molecule has 0 aliphatic carbocycles. The minimum absolute atomic E-state index is 0.0690.